The molecule has 1 aromatic carbocycles. The Bertz CT molecular complexity index is 716. The largest absolute Gasteiger partial charge is 0.395 e. The third-order valence-electron chi connectivity index (χ3n) is 3.45. The second-order valence-corrected chi connectivity index (χ2v) is 5.14. The van der Waals surface area contributed by atoms with Crippen molar-refractivity contribution in [2.75, 3.05) is 13.2 Å². The van der Waals surface area contributed by atoms with E-state index in [2.05, 4.69) is 25.4 Å². The van der Waals surface area contributed by atoms with Crippen LogP contribution in [0.3, 0.4) is 0 Å². The number of hydrogen-bond donors (Lipinski definition) is 1. The van der Waals surface area contributed by atoms with Gasteiger partial charge in [0.15, 0.2) is 5.82 Å². The molecule has 2 heterocycles. The van der Waals surface area contributed by atoms with Gasteiger partial charge in [-0.2, -0.15) is 4.68 Å². The van der Waals surface area contributed by atoms with Crippen molar-refractivity contribution >= 4 is 0 Å². The number of nitrogens with zero attached hydrogens (tertiary/aromatic N) is 6. The Morgan fingerprint density at radius 1 is 1.04 bits per heavy atom. The first-order valence-electron chi connectivity index (χ1n) is 7.41. The highest BCUT2D eigenvalue weighted by Crippen LogP contribution is 2.11. The zero-order valence-electron chi connectivity index (χ0n) is 12.7. The fourth-order valence-electron chi connectivity index (χ4n) is 2.38. The Hall–Kier alpha value is -2.64. The van der Waals surface area contributed by atoms with Gasteiger partial charge in [0.1, 0.15) is 0 Å². The van der Waals surface area contributed by atoms with Crippen LogP contribution in [0.1, 0.15) is 11.4 Å². The third kappa shape index (κ3) is 3.97. The fraction of sp³-hybridized carbons (Fsp3) is 0.250. The molecule has 0 atom stereocenters. The number of aliphatic hydroxyl groups excluding tert-OH is 1. The molecule has 2 aromatic heterocycles. The van der Waals surface area contributed by atoms with E-state index < -0.39 is 0 Å². The number of benzene rings is 1. The van der Waals surface area contributed by atoms with Crippen molar-refractivity contribution < 1.29 is 5.11 Å². The van der Waals surface area contributed by atoms with Gasteiger partial charge in [-0.05, 0) is 34.2 Å². The van der Waals surface area contributed by atoms with Crippen LogP contribution in [0.4, 0.5) is 0 Å². The van der Waals surface area contributed by atoms with E-state index in [0.717, 1.165) is 17.1 Å². The first-order valence-corrected chi connectivity index (χ1v) is 7.41. The number of aliphatic hydroxyl groups is 1. The lowest BCUT2D eigenvalue weighted by Gasteiger charge is -2.20. The van der Waals surface area contributed by atoms with Crippen molar-refractivity contribution in [1.82, 2.24) is 30.1 Å². The minimum atomic E-state index is 0.0766. The molecule has 3 rings (SSSR count). The molecular formula is C16H18N6O. The normalized spacial score (nSPS) is 11.0. The molecule has 0 saturated carbocycles. The summed E-state index contributed by atoms with van der Waals surface area (Å²) >= 11 is 0. The summed E-state index contributed by atoms with van der Waals surface area (Å²) in [4.78, 5) is 6.21. The van der Waals surface area contributed by atoms with E-state index in [-0.39, 0.29) is 6.61 Å². The summed E-state index contributed by atoms with van der Waals surface area (Å²) in [6.07, 6.45) is 3.57. The van der Waals surface area contributed by atoms with Crippen LogP contribution in [0.2, 0.25) is 0 Å². The summed E-state index contributed by atoms with van der Waals surface area (Å²) in [6.45, 7) is 1.83. The van der Waals surface area contributed by atoms with Gasteiger partial charge in [0.25, 0.3) is 0 Å². The molecule has 7 heteroatoms. The van der Waals surface area contributed by atoms with E-state index in [1.54, 1.807) is 10.9 Å². The van der Waals surface area contributed by atoms with Crippen LogP contribution < -0.4 is 0 Å². The number of para-hydroxylation sites is 1. The zero-order chi connectivity index (χ0) is 15.9. The van der Waals surface area contributed by atoms with E-state index in [9.17, 15) is 5.11 Å². The molecule has 118 valence electrons. The number of hydrogen-bond acceptors (Lipinski definition) is 6. The number of tetrazole rings is 1. The molecular weight excluding hydrogens is 292 g/mol. The van der Waals surface area contributed by atoms with Gasteiger partial charge in [0.2, 0.25) is 0 Å². The Labute approximate surface area is 134 Å². The minimum absolute atomic E-state index is 0.0766. The molecule has 0 spiro atoms. The van der Waals surface area contributed by atoms with E-state index in [1.165, 1.54) is 0 Å². The maximum Gasteiger partial charge on any atom is 0.170 e. The van der Waals surface area contributed by atoms with E-state index in [1.807, 2.05) is 48.7 Å². The number of aromatic nitrogens is 5. The molecule has 23 heavy (non-hydrogen) atoms. The highest BCUT2D eigenvalue weighted by molar-refractivity contribution is 5.30. The molecule has 0 saturated heterocycles. The van der Waals surface area contributed by atoms with Crippen LogP contribution in [0, 0.1) is 0 Å². The Morgan fingerprint density at radius 3 is 2.65 bits per heavy atom. The number of rotatable bonds is 7. The van der Waals surface area contributed by atoms with Crippen LogP contribution >= 0.6 is 0 Å². The van der Waals surface area contributed by atoms with E-state index in [4.69, 9.17) is 0 Å². The molecule has 3 aromatic rings. The second kappa shape index (κ2) is 7.57. The molecule has 0 bridgehead atoms. The van der Waals surface area contributed by atoms with Crippen LogP contribution in [0.15, 0.2) is 54.9 Å². The lowest BCUT2D eigenvalue weighted by Crippen LogP contribution is -2.27. The summed E-state index contributed by atoms with van der Waals surface area (Å²) in [5.41, 5.74) is 2.00. The summed E-state index contributed by atoms with van der Waals surface area (Å²) in [6, 6.07) is 13.7. The number of pyridine rings is 1. The van der Waals surface area contributed by atoms with Crippen LogP contribution in [0.25, 0.3) is 5.69 Å². The van der Waals surface area contributed by atoms with Crippen molar-refractivity contribution in [1.29, 1.82) is 0 Å². The van der Waals surface area contributed by atoms with Gasteiger partial charge in [-0.15, -0.1) is 5.10 Å². The van der Waals surface area contributed by atoms with Crippen molar-refractivity contribution in [3.8, 4) is 5.69 Å². The van der Waals surface area contributed by atoms with Crippen molar-refractivity contribution in [3.63, 3.8) is 0 Å². The van der Waals surface area contributed by atoms with Gasteiger partial charge in [-0.25, -0.2) is 0 Å². The van der Waals surface area contributed by atoms with Crippen LogP contribution in [-0.2, 0) is 13.1 Å². The minimum Gasteiger partial charge on any atom is -0.395 e. The van der Waals surface area contributed by atoms with Gasteiger partial charge in [-0.1, -0.05) is 24.3 Å². The van der Waals surface area contributed by atoms with Crippen LogP contribution in [0.5, 0.6) is 0 Å². The standard InChI is InChI=1S/C16H18N6O/c23-10-9-21(12-14-5-4-8-17-11-14)13-16-18-19-20-22(16)15-6-2-1-3-7-15/h1-8,11,23H,9-10,12-13H2. The van der Waals surface area contributed by atoms with Crippen molar-refractivity contribution in [2.24, 2.45) is 0 Å². The molecule has 0 amide bonds. The summed E-state index contributed by atoms with van der Waals surface area (Å²) in [5, 5.41) is 21.3. The lowest BCUT2D eigenvalue weighted by molar-refractivity contribution is 0.180. The Kier molecular flexibility index (Phi) is 5.02. The maximum absolute atomic E-state index is 9.31. The molecule has 0 fully saturated rings. The van der Waals surface area contributed by atoms with Crippen molar-refractivity contribution in [2.45, 2.75) is 13.1 Å². The fourth-order valence-corrected chi connectivity index (χ4v) is 2.38. The monoisotopic (exact) mass is 310 g/mol. The Balaban J connectivity index is 1.77. The molecule has 0 aliphatic rings. The van der Waals surface area contributed by atoms with E-state index in [0.29, 0.717) is 19.6 Å². The summed E-state index contributed by atoms with van der Waals surface area (Å²) < 4.78 is 1.72. The van der Waals surface area contributed by atoms with Gasteiger partial charge in [-0.3, -0.25) is 9.88 Å². The molecule has 0 radical (unpaired) electrons. The molecule has 0 aliphatic carbocycles. The smallest absolute Gasteiger partial charge is 0.170 e. The van der Waals surface area contributed by atoms with Crippen molar-refractivity contribution in [3.05, 3.63) is 66.2 Å². The highest BCUT2D eigenvalue weighted by Gasteiger charge is 2.13. The van der Waals surface area contributed by atoms with Gasteiger partial charge in [0.05, 0.1) is 18.8 Å². The quantitative estimate of drug-likeness (QED) is 0.703. The first kappa shape index (κ1) is 15.3. The zero-order valence-corrected chi connectivity index (χ0v) is 12.7. The Morgan fingerprint density at radius 2 is 1.91 bits per heavy atom. The molecule has 0 unspecified atom stereocenters. The SMILES string of the molecule is OCCN(Cc1cccnc1)Cc1nnnn1-c1ccccc1. The lowest BCUT2D eigenvalue weighted by atomic mass is 10.2. The summed E-state index contributed by atoms with van der Waals surface area (Å²) in [5.74, 6) is 0.730. The predicted molar refractivity (Wildman–Crippen MR) is 84.6 cm³/mol. The second-order valence-electron chi connectivity index (χ2n) is 5.14. The molecule has 1 N–H and O–H groups in total. The van der Waals surface area contributed by atoms with Gasteiger partial charge in [0, 0.05) is 25.5 Å². The highest BCUT2D eigenvalue weighted by atomic mass is 16.3. The van der Waals surface area contributed by atoms with Gasteiger partial charge < -0.3 is 5.11 Å². The molecule has 7 nitrogen and oxygen atoms in total. The predicted octanol–water partition coefficient (Wildman–Crippen LogP) is 1.05. The maximum atomic E-state index is 9.31. The average Bonchev–Trinajstić information content (AvgIpc) is 3.05. The average molecular weight is 310 g/mol. The van der Waals surface area contributed by atoms with E-state index >= 15 is 0 Å². The van der Waals surface area contributed by atoms with Crippen LogP contribution in [-0.4, -0.2) is 48.3 Å². The van der Waals surface area contributed by atoms with Gasteiger partial charge >= 0.3 is 0 Å². The summed E-state index contributed by atoms with van der Waals surface area (Å²) in [7, 11) is 0. The molecule has 0 aliphatic heterocycles. The topological polar surface area (TPSA) is 80.0 Å². The third-order valence-corrected chi connectivity index (χ3v) is 3.45. The first-order chi connectivity index (χ1) is 11.4.